The fraction of sp³-hybridized carbons (Fsp3) is 0.565. The van der Waals surface area contributed by atoms with Crippen LogP contribution >= 0.6 is 0 Å². The van der Waals surface area contributed by atoms with Gasteiger partial charge in [0.2, 0.25) is 11.8 Å². The van der Waals surface area contributed by atoms with Crippen molar-refractivity contribution in [2.24, 2.45) is 11.8 Å². The molecule has 1 aliphatic rings. The molecule has 2 aromatic rings. The van der Waals surface area contributed by atoms with Gasteiger partial charge in [-0.25, -0.2) is 0 Å². The summed E-state index contributed by atoms with van der Waals surface area (Å²) < 4.78 is 5.70. The van der Waals surface area contributed by atoms with Crippen LogP contribution in [0.1, 0.15) is 49.6 Å². The molecule has 1 fully saturated rings. The lowest BCUT2D eigenvalue weighted by molar-refractivity contribution is -0.136. The van der Waals surface area contributed by atoms with E-state index in [9.17, 15) is 14.4 Å². The summed E-state index contributed by atoms with van der Waals surface area (Å²) in [5.74, 6) is -0.200. The van der Waals surface area contributed by atoms with Crippen LogP contribution in [0, 0.1) is 11.8 Å². The molecule has 0 aromatic carbocycles. The number of likely N-dealkylation sites (N-methyl/N-ethyl adjacent to an activating group) is 2. The molecule has 3 rings (SSSR count). The second-order valence-electron chi connectivity index (χ2n) is 8.56. The quantitative estimate of drug-likeness (QED) is 0.649. The monoisotopic (exact) mass is 428 g/mol. The number of hydrogen-bond donors (Lipinski definition) is 1. The van der Waals surface area contributed by atoms with Gasteiger partial charge in [0.25, 0.3) is 0 Å². The van der Waals surface area contributed by atoms with Gasteiger partial charge in [-0.1, -0.05) is 6.92 Å². The van der Waals surface area contributed by atoms with Crippen LogP contribution < -0.4 is 5.32 Å². The fourth-order valence-corrected chi connectivity index (χ4v) is 4.02. The lowest BCUT2D eigenvalue weighted by Crippen LogP contribution is -2.39. The number of aromatic nitrogens is 1. The van der Waals surface area contributed by atoms with Crippen molar-refractivity contribution in [3.05, 3.63) is 24.2 Å². The minimum Gasteiger partial charge on any atom is -0.451 e. The molecule has 1 aliphatic carbocycles. The molecular weight excluding hydrogens is 396 g/mol. The zero-order valence-corrected chi connectivity index (χ0v) is 18.8. The molecule has 0 saturated heterocycles. The highest BCUT2D eigenvalue weighted by molar-refractivity contribution is 6.11. The van der Waals surface area contributed by atoms with E-state index >= 15 is 0 Å². The summed E-state index contributed by atoms with van der Waals surface area (Å²) in [6.07, 6.45) is 6.15. The van der Waals surface area contributed by atoms with Crippen LogP contribution in [0.3, 0.4) is 0 Å². The number of carbonyl (C=O) groups is 3. The Morgan fingerprint density at radius 2 is 1.77 bits per heavy atom. The van der Waals surface area contributed by atoms with Crippen LogP contribution in [-0.4, -0.2) is 66.6 Å². The van der Waals surface area contributed by atoms with Crippen molar-refractivity contribution in [1.29, 1.82) is 0 Å². The number of ketones is 1. The van der Waals surface area contributed by atoms with Gasteiger partial charge < -0.3 is 19.5 Å². The van der Waals surface area contributed by atoms with Crippen molar-refractivity contribution in [3.8, 4) is 0 Å². The summed E-state index contributed by atoms with van der Waals surface area (Å²) in [5.41, 5.74) is 0.929. The second kappa shape index (κ2) is 10.0. The van der Waals surface area contributed by atoms with E-state index in [-0.39, 0.29) is 41.6 Å². The molecular formula is C23H32N4O4. The highest BCUT2D eigenvalue weighted by atomic mass is 16.3. The average Bonchev–Trinajstić information content (AvgIpc) is 3.14. The molecule has 0 spiro atoms. The van der Waals surface area contributed by atoms with Gasteiger partial charge in [-0.05, 0) is 45.8 Å². The molecule has 1 N–H and O–H groups in total. The molecule has 0 radical (unpaired) electrons. The van der Waals surface area contributed by atoms with E-state index in [4.69, 9.17) is 4.42 Å². The number of pyridine rings is 1. The van der Waals surface area contributed by atoms with E-state index in [1.807, 2.05) is 21.1 Å². The average molecular weight is 429 g/mol. The van der Waals surface area contributed by atoms with Crippen molar-refractivity contribution in [2.75, 3.05) is 39.5 Å². The number of fused-ring (bicyclic) bond motifs is 1. The third kappa shape index (κ3) is 5.31. The van der Waals surface area contributed by atoms with E-state index in [1.54, 1.807) is 30.3 Å². The largest absolute Gasteiger partial charge is 0.451 e. The molecule has 2 amide bonds. The number of hydrogen-bond acceptors (Lipinski definition) is 6. The molecule has 0 unspecified atom stereocenters. The molecule has 2 aromatic heterocycles. The number of rotatable bonds is 8. The fourth-order valence-electron chi connectivity index (χ4n) is 4.02. The molecule has 2 heterocycles. The molecule has 0 bridgehead atoms. The first-order valence-corrected chi connectivity index (χ1v) is 10.9. The maximum absolute atomic E-state index is 13.0. The predicted molar refractivity (Wildman–Crippen MR) is 119 cm³/mol. The Balaban J connectivity index is 1.63. The summed E-state index contributed by atoms with van der Waals surface area (Å²) in [5, 5.41) is 3.55. The van der Waals surface area contributed by atoms with Crippen LogP contribution in [0.2, 0.25) is 0 Å². The Bertz CT molecular complexity index is 944. The van der Waals surface area contributed by atoms with E-state index < -0.39 is 0 Å². The van der Waals surface area contributed by atoms with E-state index in [0.29, 0.717) is 48.9 Å². The molecule has 8 heteroatoms. The maximum atomic E-state index is 13.0. The third-order valence-electron chi connectivity index (χ3n) is 6.02. The number of Topliss-reactive ketones (excluding diaryl/α,β-unsaturated/α-hetero) is 1. The number of anilines is 1. The summed E-state index contributed by atoms with van der Waals surface area (Å²) in [6, 6.07) is 1.68. The van der Waals surface area contributed by atoms with Gasteiger partial charge in [-0.15, -0.1) is 0 Å². The molecule has 31 heavy (non-hydrogen) atoms. The highest BCUT2D eigenvalue weighted by Crippen LogP contribution is 2.34. The van der Waals surface area contributed by atoms with E-state index in [0.717, 1.165) is 6.54 Å². The zero-order chi connectivity index (χ0) is 22.5. The van der Waals surface area contributed by atoms with Crippen LogP contribution in [-0.2, 0) is 9.59 Å². The Morgan fingerprint density at radius 3 is 2.42 bits per heavy atom. The Kier molecular flexibility index (Phi) is 7.43. The van der Waals surface area contributed by atoms with Crippen LogP contribution in [0.4, 0.5) is 5.69 Å². The van der Waals surface area contributed by atoms with Crippen molar-refractivity contribution in [3.63, 3.8) is 0 Å². The van der Waals surface area contributed by atoms with Crippen molar-refractivity contribution in [1.82, 2.24) is 14.8 Å². The minimum absolute atomic E-state index is 0.0348. The van der Waals surface area contributed by atoms with Gasteiger partial charge in [0.05, 0.1) is 5.39 Å². The van der Waals surface area contributed by atoms with Crippen LogP contribution in [0.15, 0.2) is 22.9 Å². The second-order valence-corrected chi connectivity index (χ2v) is 8.56. The smallest absolute Gasteiger partial charge is 0.227 e. The third-order valence-corrected chi connectivity index (χ3v) is 6.02. The van der Waals surface area contributed by atoms with Gasteiger partial charge >= 0.3 is 0 Å². The lowest BCUT2D eigenvalue weighted by Gasteiger charge is -2.30. The SMILES string of the molecule is CCC(=O)c1oc2ccncc2c1NC(=O)C1CCC(C(=O)N(C)CCN(C)C)CC1. The van der Waals surface area contributed by atoms with E-state index in [2.05, 4.69) is 15.2 Å². The summed E-state index contributed by atoms with van der Waals surface area (Å²) >= 11 is 0. The van der Waals surface area contributed by atoms with Gasteiger partial charge in [-0.2, -0.15) is 0 Å². The summed E-state index contributed by atoms with van der Waals surface area (Å²) in [6.45, 7) is 3.28. The number of amides is 2. The lowest BCUT2D eigenvalue weighted by atomic mass is 9.81. The molecule has 8 nitrogen and oxygen atoms in total. The first-order chi connectivity index (χ1) is 14.8. The predicted octanol–water partition coefficient (Wildman–Crippen LogP) is 3.19. The Morgan fingerprint density at radius 1 is 1.10 bits per heavy atom. The number of nitrogens with zero attached hydrogens (tertiary/aromatic N) is 3. The normalized spacial score (nSPS) is 18.9. The zero-order valence-electron chi connectivity index (χ0n) is 18.8. The summed E-state index contributed by atoms with van der Waals surface area (Å²) in [7, 11) is 5.82. The van der Waals surface area contributed by atoms with Crippen LogP contribution in [0.5, 0.6) is 0 Å². The van der Waals surface area contributed by atoms with Crippen LogP contribution in [0.25, 0.3) is 11.0 Å². The number of furan rings is 1. The maximum Gasteiger partial charge on any atom is 0.227 e. The Hall–Kier alpha value is -2.74. The summed E-state index contributed by atoms with van der Waals surface area (Å²) in [4.78, 5) is 45.9. The topological polar surface area (TPSA) is 95.8 Å². The van der Waals surface area contributed by atoms with E-state index in [1.165, 1.54) is 0 Å². The first-order valence-electron chi connectivity index (χ1n) is 10.9. The molecule has 168 valence electrons. The molecule has 0 aliphatic heterocycles. The first kappa shape index (κ1) is 22.9. The van der Waals surface area contributed by atoms with Crippen molar-refractivity contribution in [2.45, 2.75) is 39.0 Å². The van der Waals surface area contributed by atoms with Gasteiger partial charge in [0.1, 0.15) is 11.3 Å². The molecule has 1 saturated carbocycles. The number of carbonyl (C=O) groups excluding carboxylic acids is 3. The standard InChI is InChI=1S/C23H32N4O4/c1-5-18(28)21-20(17-14-24-11-10-19(17)31-21)25-22(29)15-6-8-16(9-7-15)23(30)27(4)13-12-26(2)3/h10-11,14-16H,5-9,12-13H2,1-4H3,(H,25,29). The van der Waals surface area contributed by atoms with Crippen molar-refractivity contribution < 1.29 is 18.8 Å². The highest BCUT2D eigenvalue weighted by Gasteiger charge is 2.32. The number of nitrogens with one attached hydrogen (secondary N) is 1. The minimum atomic E-state index is -0.192. The van der Waals surface area contributed by atoms with Gasteiger partial charge in [-0.3, -0.25) is 19.4 Å². The Labute approximate surface area is 183 Å². The van der Waals surface area contributed by atoms with Gasteiger partial charge in [0, 0.05) is 50.8 Å². The van der Waals surface area contributed by atoms with Gasteiger partial charge in [0.15, 0.2) is 11.5 Å². The van der Waals surface area contributed by atoms with Crippen molar-refractivity contribution >= 4 is 34.3 Å². The molecule has 0 atom stereocenters.